The molecule has 0 fully saturated rings. The number of hydrogen-bond donors (Lipinski definition) is 2. The number of carbonyl (C=O) groups is 1. The molecular weight excluding hydrogens is 357 g/mol. The Morgan fingerprint density at radius 2 is 1.76 bits per heavy atom. The third-order valence-electron chi connectivity index (χ3n) is 3.93. The quantitative estimate of drug-likeness (QED) is 0.696. The first kappa shape index (κ1) is 23.1. The smallest absolute Gasteiger partial charge is 0.255 e. The van der Waals surface area contributed by atoms with Gasteiger partial charge in [-0.3, -0.25) is 4.79 Å². The lowest BCUT2D eigenvalue weighted by atomic mass is 10.1. The van der Waals surface area contributed by atoms with E-state index in [4.69, 9.17) is 5.73 Å². The second kappa shape index (κ2) is 10.9. The Balaban J connectivity index is 0.00000288. The fourth-order valence-corrected chi connectivity index (χ4v) is 2.36. The van der Waals surface area contributed by atoms with Crippen LogP contribution in [0.2, 0.25) is 0 Å². The van der Waals surface area contributed by atoms with Crippen molar-refractivity contribution in [1.82, 2.24) is 0 Å². The topological polar surface area (TPSA) is 58.4 Å². The molecule has 0 unspecified atom stereocenters. The summed E-state index contributed by atoms with van der Waals surface area (Å²) in [5.74, 6) is -0.124. The summed E-state index contributed by atoms with van der Waals surface area (Å²) in [6, 6.07) is 13.2. The molecule has 6 heteroatoms. The highest BCUT2D eigenvalue weighted by atomic mass is 35.5. The lowest BCUT2D eigenvalue weighted by molar-refractivity contribution is 0.102. The van der Waals surface area contributed by atoms with Gasteiger partial charge in [-0.15, -0.1) is 24.8 Å². The van der Waals surface area contributed by atoms with Crippen LogP contribution in [0.5, 0.6) is 0 Å². The minimum atomic E-state index is -0.124. The second-order valence-corrected chi connectivity index (χ2v) is 5.85. The molecule has 0 saturated heterocycles. The molecule has 1 amide bonds. The Bertz CT molecular complexity index is 675. The van der Waals surface area contributed by atoms with Crippen LogP contribution in [0.1, 0.15) is 35.7 Å². The van der Waals surface area contributed by atoms with E-state index in [1.165, 1.54) is 6.42 Å². The first-order valence-electron chi connectivity index (χ1n) is 8.00. The molecule has 0 aliphatic heterocycles. The zero-order valence-electron chi connectivity index (χ0n) is 14.9. The van der Waals surface area contributed by atoms with Crippen molar-refractivity contribution in [3.63, 3.8) is 0 Å². The number of carbonyl (C=O) groups excluding carboxylic acids is 1. The van der Waals surface area contributed by atoms with Crippen LogP contribution in [0.15, 0.2) is 42.5 Å². The fraction of sp³-hybridized carbons (Fsp3) is 0.316. The molecule has 2 aromatic carbocycles. The summed E-state index contributed by atoms with van der Waals surface area (Å²) in [6.07, 6.45) is 2.33. The highest BCUT2D eigenvalue weighted by Gasteiger charge is 2.09. The molecule has 2 aromatic rings. The van der Waals surface area contributed by atoms with Gasteiger partial charge < -0.3 is 16.0 Å². The van der Waals surface area contributed by atoms with Crippen LogP contribution in [0.25, 0.3) is 0 Å². The van der Waals surface area contributed by atoms with Crippen LogP contribution in [-0.4, -0.2) is 19.5 Å². The Morgan fingerprint density at radius 3 is 2.36 bits per heavy atom. The molecule has 4 nitrogen and oxygen atoms in total. The number of benzene rings is 2. The predicted octanol–water partition coefficient (Wildman–Crippen LogP) is 4.91. The van der Waals surface area contributed by atoms with Crippen LogP contribution in [0.4, 0.5) is 17.1 Å². The molecule has 0 bridgehead atoms. The normalized spacial score (nSPS) is 9.56. The highest BCUT2D eigenvalue weighted by molar-refractivity contribution is 6.05. The molecule has 138 valence electrons. The third kappa shape index (κ3) is 6.48. The minimum absolute atomic E-state index is 0. The van der Waals surface area contributed by atoms with E-state index in [1.807, 2.05) is 43.3 Å². The number of hydrogen-bond acceptors (Lipinski definition) is 3. The van der Waals surface area contributed by atoms with Gasteiger partial charge in [0.1, 0.15) is 0 Å². The van der Waals surface area contributed by atoms with E-state index < -0.39 is 0 Å². The van der Waals surface area contributed by atoms with Gasteiger partial charge in [0.2, 0.25) is 0 Å². The number of aryl methyl sites for hydroxylation is 1. The van der Waals surface area contributed by atoms with Crippen LogP contribution >= 0.6 is 24.8 Å². The van der Waals surface area contributed by atoms with Crippen LogP contribution in [0, 0.1) is 6.92 Å². The van der Waals surface area contributed by atoms with Crippen molar-refractivity contribution in [1.29, 1.82) is 0 Å². The van der Waals surface area contributed by atoms with Gasteiger partial charge in [-0.05, 0) is 55.3 Å². The summed E-state index contributed by atoms with van der Waals surface area (Å²) in [5.41, 5.74) is 9.91. The summed E-state index contributed by atoms with van der Waals surface area (Å²) >= 11 is 0. The molecular formula is C19H27Cl2N3O. The summed E-state index contributed by atoms with van der Waals surface area (Å²) in [7, 11) is 2.07. The summed E-state index contributed by atoms with van der Waals surface area (Å²) in [6.45, 7) is 5.14. The number of anilines is 3. The Morgan fingerprint density at radius 1 is 1.12 bits per heavy atom. The van der Waals surface area contributed by atoms with Gasteiger partial charge in [0.05, 0.1) is 0 Å². The molecule has 0 radical (unpaired) electrons. The minimum Gasteiger partial charge on any atom is -0.399 e. The van der Waals surface area contributed by atoms with Gasteiger partial charge in [0.15, 0.2) is 0 Å². The number of amides is 1. The van der Waals surface area contributed by atoms with Gasteiger partial charge >= 0.3 is 0 Å². The Hall–Kier alpha value is -1.91. The summed E-state index contributed by atoms with van der Waals surface area (Å²) < 4.78 is 0. The van der Waals surface area contributed by atoms with Crippen molar-refractivity contribution >= 4 is 47.8 Å². The predicted molar refractivity (Wildman–Crippen MR) is 113 cm³/mol. The van der Waals surface area contributed by atoms with Gasteiger partial charge in [0, 0.05) is 36.2 Å². The Kier molecular flexibility index (Phi) is 10.0. The average molecular weight is 384 g/mol. The molecule has 0 heterocycles. The van der Waals surface area contributed by atoms with E-state index in [1.54, 1.807) is 6.07 Å². The van der Waals surface area contributed by atoms with Crippen molar-refractivity contribution in [2.45, 2.75) is 26.7 Å². The van der Waals surface area contributed by atoms with Crippen LogP contribution < -0.4 is 16.0 Å². The highest BCUT2D eigenvalue weighted by Crippen LogP contribution is 2.20. The van der Waals surface area contributed by atoms with E-state index in [0.717, 1.165) is 29.9 Å². The molecule has 0 aromatic heterocycles. The van der Waals surface area contributed by atoms with Crippen molar-refractivity contribution in [3.05, 3.63) is 53.6 Å². The van der Waals surface area contributed by atoms with E-state index in [2.05, 4.69) is 24.2 Å². The number of halogens is 2. The second-order valence-electron chi connectivity index (χ2n) is 5.85. The largest absolute Gasteiger partial charge is 0.399 e. The number of nitrogens with one attached hydrogen (secondary N) is 1. The lowest BCUT2D eigenvalue weighted by Crippen LogP contribution is -2.18. The molecule has 0 atom stereocenters. The zero-order chi connectivity index (χ0) is 16.8. The number of nitrogen functional groups attached to an aromatic ring is 1. The number of rotatable bonds is 6. The molecule has 0 aliphatic carbocycles. The Labute approximate surface area is 162 Å². The van der Waals surface area contributed by atoms with Gasteiger partial charge in [0.25, 0.3) is 5.91 Å². The summed E-state index contributed by atoms with van der Waals surface area (Å²) in [4.78, 5) is 14.6. The fourth-order valence-electron chi connectivity index (χ4n) is 2.36. The molecule has 3 N–H and O–H groups in total. The van der Waals surface area contributed by atoms with E-state index >= 15 is 0 Å². The van der Waals surface area contributed by atoms with Gasteiger partial charge in [-0.25, -0.2) is 0 Å². The maximum atomic E-state index is 12.4. The first-order valence-corrected chi connectivity index (χ1v) is 8.00. The summed E-state index contributed by atoms with van der Waals surface area (Å²) in [5, 5.41) is 2.92. The number of unbranched alkanes of at least 4 members (excludes halogenated alkanes) is 1. The maximum Gasteiger partial charge on any atom is 0.255 e. The van der Waals surface area contributed by atoms with Crippen molar-refractivity contribution in [3.8, 4) is 0 Å². The van der Waals surface area contributed by atoms with Crippen LogP contribution in [-0.2, 0) is 0 Å². The molecule has 0 saturated carbocycles. The van der Waals surface area contributed by atoms with E-state index in [9.17, 15) is 4.79 Å². The van der Waals surface area contributed by atoms with Gasteiger partial charge in [-0.1, -0.05) is 19.4 Å². The van der Waals surface area contributed by atoms with Crippen molar-refractivity contribution < 1.29 is 4.79 Å². The number of nitrogens with zero attached hydrogens (tertiary/aromatic N) is 1. The van der Waals surface area contributed by atoms with Crippen LogP contribution in [0.3, 0.4) is 0 Å². The first-order chi connectivity index (χ1) is 11.0. The molecule has 0 spiro atoms. The molecule has 25 heavy (non-hydrogen) atoms. The average Bonchev–Trinajstić information content (AvgIpc) is 2.56. The number of nitrogens with two attached hydrogens (primary N) is 1. The zero-order valence-corrected chi connectivity index (χ0v) is 16.5. The SMILES string of the molecule is CCCCN(C)c1ccc(C(=O)Nc2cc(N)ccc2C)cc1.Cl.Cl. The molecule has 2 rings (SSSR count). The lowest BCUT2D eigenvalue weighted by Gasteiger charge is -2.19. The standard InChI is InChI=1S/C19H25N3O.2ClH/c1-4-5-12-22(3)17-10-7-15(8-11-17)19(23)21-18-13-16(20)9-6-14(18)2;;/h6-11,13H,4-5,12,20H2,1-3H3,(H,21,23);2*1H. The van der Waals surface area contributed by atoms with Gasteiger partial charge in [-0.2, -0.15) is 0 Å². The van der Waals surface area contributed by atoms with Crippen molar-refractivity contribution in [2.24, 2.45) is 0 Å². The molecule has 0 aliphatic rings. The van der Waals surface area contributed by atoms with E-state index in [-0.39, 0.29) is 30.7 Å². The van der Waals surface area contributed by atoms with E-state index in [0.29, 0.717) is 11.3 Å². The monoisotopic (exact) mass is 383 g/mol. The van der Waals surface area contributed by atoms with Crippen molar-refractivity contribution in [2.75, 3.05) is 29.5 Å². The third-order valence-corrected chi connectivity index (χ3v) is 3.93. The maximum absolute atomic E-state index is 12.4.